The lowest BCUT2D eigenvalue weighted by Gasteiger charge is -2.14. The molecular formula is C14H19N5. The van der Waals surface area contributed by atoms with Crippen LogP contribution in [0, 0.1) is 0 Å². The number of pyridine rings is 1. The van der Waals surface area contributed by atoms with Gasteiger partial charge < -0.3 is 9.88 Å². The smallest absolute Gasteiger partial charge is 0.147 e. The van der Waals surface area contributed by atoms with E-state index in [1.807, 2.05) is 12.4 Å². The van der Waals surface area contributed by atoms with Crippen molar-refractivity contribution in [1.29, 1.82) is 0 Å². The Bertz CT molecular complexity index is 520. The Morgan fingerprint density at radius 3 is 2.95 bits per heavy atom. The summed E-state index contributed by atoms with van der Waals surface area (Å²) in [5, 5.41) is 12.0. The van der Waals surface area contributed by atoms with Crippen molar-refractivity contribution in [3.05, 3.63) is 41.7 Å². The molecule has 0 fully saturated rings. The second kappa shape index (κ2) is 5.93. The van der Waals surface area contributed by atoms with Crippen LogP contribution in [0.2, 0.25) is 0 Å². The van der Waals surface area contributed by atoms with Crippen LogP contribution in [0.15, 0.2) is 24.5 Å². The quantitative estimate of drug-likeness (QED) is 0.821. The van der Waals surface area contributed by atoms with Gasteiger partial charge in [-0.2, -0.15) is 0 Å². The van der Waals surface area contributed by atoms with Crippen LogP contribution in [0.1, 0.15) is 30.1 Å². The predicted octanol–water partition coefficient (Wildman–Crippen LogP) is 1.34. The molecule has 0 saturated carbocycles. The molecule has 0 radical (unpaired) electrons. The minimum absolute atomic E-state index is 0.804. The Balaban J connectivity index is 1.49. The zero-order chi connectivity index (χ0) is 12.9. The third kappa shape index (κ3) is 2.98. The van der Waals surface area contributed by atoms with Crippen LogP contribution in [0.25, 0.3) is 0 Å². The first kappa shape index (κ1) is 12.3. The Labute approximate surface area is 113 Å². The van der Waals surface area contributed by atoms with Gasteiger partial charge in [-0.3, -0.25) is 4.98 Å². The molecule has 1 N–H and O–H groups in total. The number of hydrogen-bond acceptors (Lipinski definition) is 4. The Kier molecular flexibility index (Phi) is 3.83. The number of rotatable bonds is 5. The molecule has 3 heterocycles. The summed E-state index contributed by atoms with van der Waals surface area (Å²) in [6, 6.07) is 4.11. The maximum atomic E-state index is 4.28. The summed E-state index contributed by atoms with van der Waals surface area (Å²) >= 11 is 0. The lowest BCUT2D eigenvalue weighted by molar-refractivity contribution is 0.498. The molecule has 3 rings (SSSR count). The fourth-order valence-corrected chi connectivity index (χ4v) is 2.48. The van der Waals surface area contributed by atoms with E-state index in [0.29, 0.717) is 0 Å². The van der Waals surface area contributed by atoms with E-state index >= 15 is 0 Å². The normalized spacial score (nSPS) is 14.3. The summed E-state index contributed by atoms with van der Waals surface area (Å²) in [6.45, 7) is 2.83. The van der Waals surface area contributed by atoms with Crippen molar-refractivity contribution in [3.8, 4) is 0 Å². The van der Waals surface area contributed by atoms with Crippen LogP contribution in [0.4, 0.5) is 0 Å². The number of hydrogen-bond donors (Lipinski definition) is 1. The van der Waals surface area contributed by atoms with Crippen molar-refractivity contribution in [2.75, 3.05) is 6.54 Å². The second-order valence-electron chi connectivity index (χ2n) is 4.92. The van der Waals surface area contributed by atoms with E-state index in [4.69, 9.17) is 0 Å². The first-order valence-electron chi connectivity index (χ1n) is 6.94. The molecule has 0 spiro atoms. The average molecular weight is 257 g/mol. The van der Waals surface area contributed by atoms with Crippen LogP contribution in [0.3, 0.4) is 0 Å². The number of nitrogens with one attached hydrogen (secondary N) is 1. The zero-order valence-corrected chi connectivity index (χ0v) is 11.0. The van der Waals surface area contributed by atoms with Crippen molar-refractivity contribution in [2.24, 2.45) is 0 Å². The summed E-state index contributed by atoms with van der Waals surface area (Å²) in [7, 11) is 0. The van der Waals surface area contributed by atoms with E-state index in [1.54, 1.807) is 0 Å². The van der Waals surface area contributed by atoms with Crippen LogP contribution >= 0.6 is 0 Å². The van der Waals surface area contributed by atoms with Gasteiger partial charge in [-0.15, -0.1) is 10.2 Å². The summed E-state index contributed by atoms with van der Waals surface area (Å²) < 4.78 is 2.27. The average Bonchev–Trinajstić information content (AvgIpc) is 2.88. The Hall–Kier alpha value is -1.75. The zero-order valence-electron chi connectivity index (χ0n) is 11.0. The summed E-state index contributed by atoms with van der Waals surface area (Å²) in [6.07, 6.45) is 8.25. The minimum Gasteiger partial charge on any atom is -0.314 e. The summed E-state index contributed by atoms with van der Waals surface area (Å²) in [5.41, 5.74) is 1.31. The topological polar surface area (TPSA) is 55.6 Å². The van der Waals surface area contributed by atoms with Crippen LogP contribution in [-0.4, -0.2) is 26.3 Å². The third-order valence-electron chi connectivity index (χ3n) is 3.56. The van der Waals surface area contributed by atoms with Crippen molar-refractivity contribution >= 4 is 0 Å². The lowest BCUT2D eigenvalue weighted by atomic mass is 10.1. The molecule has 5 heteroatoms. The van der Waals surface area contributed by atoms with Crippen LogP contribution < -0.4 is 5.32 Å². The predicted molar refractivity (Wildman–Crippen MR) is 72.6 cm³/mol. The van der Waals surface area contributed by atoms with Gasteiger partial charge in [-0.25, -0.2) is 0 Å². The van der Waals surface area contributed by atoms with Crippen molar-refractivity contribution in [2.45, 2.75) is 38.8 Å². The highest BCUT2D eigenvalue weighted by Gasteiger charge is 2.14. The van der Waals surface area contributed by atoms with E-state index < -0.39 is 0 Å². The van der Waals surface area contributed by atoms with Gasteiger partial charge in [0.25, 0.3) is 0 Å². The first-order valence-corrected chi connectivity index (χ1v) is 6.94. The largest absolute Gasteiger partial charge is 0.314 e. The van der Waals surface area contributed by atoms with Gasteiger partial charge >= 0.3 is 0 Å². The van der Waals surface area contributed by atoms with E-state index in [0.717, 1.165) is 44.1 Å². The maximum Gasteiger partial charge on any atom is 0.147 e. The van der Waals surface area contributed by atoms with E-state index in [2.05, 4.69) is 37.2 Å². The molecule has 0 bridgehead atoms. The van der Waals surface area contributed by atoms with Crippen LogP contribution in [0.5, 0.6) is 0 Å². The molecule has 0 aliphatic carbocycles. The van der Waals surface area contributed by atoms with Crippen LogP contribution in [-0.2, 0) is 25.9 Å². The third-order valence-corrected chi connectivity index (χ3v) is 3.56. The molecular weight excluding hydrogens is 238 g/mol. The highest BCUT2D eigenvalue weighted by molar-refractivity contribution is 5.09. The standard InChI is InChI=1S/C14H19N5/c1-2-10-19-13(3-1)17-18-14(19)11-16-9-6-12-4-7-15-8-5-12/h4-5,7-8,16H,1-3,6,9-11H2. The molecule has 2 aromatic rings. The van der Waals surface area contributed by atoms with Gasteiger partial charge in [0.15, 0.2) is 0 Å². The maximum absolute atomic E-state index is 4.28. The minimum atomic E-state index is 0.804. The fourth-order valence-electron chi connectivity index (χ4n) is 2.48. The lowest BCUT2D eigenvalue weighted by Crippen LogP contribution is -2.21. The van der Waals surface area contributed by atoms with Crippen molar-refractivity contribution in [3.63, 3.8) is 0 Å². The van der Waals surface area contributed by atoms with Gasteiger partial charge in [0, 0.05) is 25.4 Å². The number of aromatic nitrogens is 4. The molecule has 2 aromatic heterocycles. The monoisotopic (exact) mass is 257 g/mol. The molecule has 1 aliphatic rings. The molecule has 100 valence electrons. The molecule has 5 nitrogen and oxygen atoms in total. The van der Waals surface area contributed by atoms with Gasteiger partial charge in [0.05, 0.1) is 6.54 Å². The number of aryl methyl sites for hydroxylation is 1. The second-order valence-corrected chi connectivity index (χ2v) is 4.92. The van der Waals surface area contributed by atoms with Gasteiger partial charge in [0.2, 0.25) is 0 Å². The van der Waals surface area contributed by atoms with Crippen molar-refractivity contribution in [1.82, 2.24) is 25.1 Å². The Morgan fingerprint density at radius 1 is 1.16 bits per heavy atom. The molecule has 1 aliphatic heterocycles. The highest BCUT2D eigenvalue weighted by Crippen LogP contribution is 2.13. The summed E-state index contributed by atoms with van der Waals surface area (Å²) in [4.78, 5) is 4.02. The molecule has 0 amide bonds. The fraction of sp³-hybridized carbons (Fsp3) is 0.500. The SMILES string of the molecule is c1cc(CCNCc2nnc3n2CCCC3)ccn1. The summed E-state index contributed by atoms with van der Waals surface area (Å²) in [5.74, 6) is 2.22. The van der Waals surface area contributed by atoms with E-state index in [9.17, 15) is 0 Å². The highest BCUT2D eigenvalue weighted by atomic mass is 15.3. The molecule has 0 atom stereocenters. The van der Waals surface area contributed by atoms with Crippen molar-refractivity contribution < 1.29 is 0 Å². The number of nitrogens with zero attached hydrogens (tertiary/aromatic N) is 4. The molecule has 0 aromatic carbocycles. The Morgan fingerprint density at radius 2 is 2.05 bits per heavy atom. The van der Waals surface area contributed by atoms with Gasteiger partial charge in [-0.1, -0.05) is 0 Å². The van der Waals surface area contributed by atoms with E-state index in [-0.39, 0.29) is 0 Å². The molecule has 0 unspecified atom stereocenters. The van der Waals surface area contributed by atoms with E-state index in [1.165, 1.54) is 18.4 Å². The molecule has 0 saturated heterocycles. The van der Waals surface area contributed by atoms with Gasteiger partial charge in [-0.05, 0) is 43.5 Å². The number of fused-ring (bicyclic) bond motifs is 1. The first-order chi connectivity index (χ1) is 9.43. The van der Waals surface area contributed by atoms with Gasteiger partial charge in [0.1, 0.15) is 11.6 Å². The molecule has 19 heavy (non-hydrogen) atoms.